The lowest BCUT2D eigenvalue weighted by molar-refractivity contribution is 0.304. The maximum atomic E-state index is 5.91. The molecule has 2 nitrogen and oxygen atoms in total. The quantitative estimate of drug-likeness (QED) is 0.685. The maximum Gasteiger partial charge on any atom is 0.119 e. The minimum absolute atomic E-state index is 0.859. The number of hydrogen-bond acceptors (Lipinski definition) is 2. The highest BCUT2D eigenvalue weighted by atomic mass is 16.5. The molecule has 2 heteroatoms. The van der Waals surface area contributed by atoms with Crippen LogP contribution in [0.15, 0.2) is 18.2 Å². The van der Waals surface area contributed by atoms with Gasteiger partial charge in [-0.2, -0.15) is 0 Å². The summed E-state index contributed by atoms with van der Waals surface area (Å²) in [7, 11) is 0. The van der Waals surface area contributed by atoms with E-state index >= 15 is 0 Å². The van der Waals surface area contributed by atoms with E-state index in [2.05, 4.69) is 23.5 Å². The van der Waals surface area contributed by atoms with Crippen molar-refractivity contribution in [1.29, 1.82) is 0 Å². The zero-order valence-corrected chi connectivity index (χ0v) is 13.2. The highest BCUT2D eigenvalue weighted by molar-refractivity contribution is 5.37. The molecule has 0 bridgehead atoms. The highest BCUT2D eigenvalue weighted by Gasteiger charge is 2.19. The summed E-state index contributed by atoms with van der Waals surface area (Å²) in [5.74, 6) is 1.08. The van der Waals surface area contributed by atoms with Crippen molar-refractivity contribution in [3.05, 3.63) is 29.3 Å². The van der Waals surface area contributed by atoms with Crippen LogP contribution in [-0.4, -0.2) is 19.2 Å². The number of fused-ring (bicyclic) bond motifs is 1. The van der Waals surface area contributed by atoms with E-state index in [4.69, 9.17) is 4.74 Å². The largest absolute Gasteiger partial charge is 0.494 e. The molecule has 3 rings (SSSR count). The van der Waals surface area contributed by atoms with E-state index in [9.17, 15) is 0 Å². The van der Waals surface area contributed by atoms with Gasteiger partial charge < -0.3 is 10.1 Å². The van der Waals surface area contributed by atoms with Gasteiger partial charge in [-0.05, 0) is 81.2 Å². The van der Waals surface area contributed by atoms with Gasteiger partial charge in [0, 0.05) is 6.04 Å². The normalized spacial score (nSPS) is 17.5. The maximum absolute atomic E-state index is 5.91. The third kappa shape index (κ3) is 5.03. The Hall–Kier alpha value is -1.02. The molecule has 0 atom stereocenters. The van der Waals surface area contributed by atoms with Gasteiger partial charge in [0.2, 0.25) is 0 Å². The Morgan fingerprint density at radius 3 is 2.62 bits per heavy atom. The Kier molecular flexibility index (Phi) is 5.56. The van der Waals surface area contributed by atoms with Gasteiger partial charge in [0.15, 0.2) is 0 Å². The van der Waals surface area contributed by atoms with Crippen molar-refractivity contribution >= 4 is 0 Å². The number of benzene rings is 1. The molecule has 0 radical (unpaired) electrons. The van der Waals surface area contributed by atoms with Gasteiger partial charge in [-0.1, -0.05) is 18.9 Å². The van der Waals surface area contributed by atoms with Crippen LogP contribution < -0.4 is 10.1 Å². The van der Waals surface area contributed by atoms with E-state index in [-0.39, 0.29) is 0 Å². The summed E-state index contributed by atoms with van der Waals surface area (Å²) in [5.41, 5.74) is 3.06. The third-order valence-electron chi connectivity index (χ3n) is 4.67. The van der Waals surface area contributed by atoms with Crippen LogP contribution in [0.4, 0.5) is 0 Å². The molecule has 0 aliphatic heterocycles. The molecule has 0 aromatic heterocycles. The average Bonchev–Trinajstić information content (AvgIpc) is 3.34. The number of aryl methyl sites for hydroxylation is 2. The zero-order chi connectivity index (χ0) is 14.3. The molecule has 2 aliphatic carbocycles. The van der Waals surface area contributed by atoms with Crippen LogP contribution in [0, 0.1) is 0 Å². The van der Waals surface area contributed by atoms with Crippen molar-refractivity contribution in [3.8, 4) is 5.75 Å². The number of nitrogens with one attached hydrogen (secondary N) is 1. The first-order chi connectivity index (χ1) is 10.4. The van der Waals surface area contributed by atoms with Crippen molar-refractivity contribution in [2.24, 2.45) is 0 Å². The molecule has 1 aromatic rings. The van der Waals surface area contributed by atoms with E-state index in [1.807, 2.05) is 0 Å². The molecular formula is C19H29NO. The highest BCUT2D eigenvalue weighted by Crippen LogP contribution is 2.25. The Bertz CT molecular complexity index is 439. The summed E-state index contributed by atoms with van der Waals surface area (Å²) in [6.07, 6.45) is 13.1. The summed E-state index contributed by atoms with van der Waals surface area (Å²) in [6.45, 7) is 2.07. The molecule has 0 saturated heterocycles. The second kappa shape index (κ2) is 7.84. The average molecular weight is 287 g/mol. The fraction of sp³-hybridized carbons (Fsp3) is 0.684. The third-order valence-corrected chi connectivity index (χ3v) is 4.67. The molecule has 2 aliphatic rings. The number of rotatable bonds is 9. The lowest BCUT2D eigenvalue weighted by atomic mass is 9.92. The fourth-order valence-electron chi connectivity index (χ4n) is 3.16. The predicted molar refractivity (Wildman–Crippen MR) is 88.1 cm³/mol. The van der Waals surface area contributed by atoms with Crippen LogP contribution in [0.25, 0.3) is 0 Å². The number of unbranched alkanes of at least 4 members (excludes halogenated alkanes) is 3. The minimum atomic E-state index is 0.859. The fourth-order valence-corrected chi connectivity index (χ4v) is 3.16. The van der Waals surface area contributed by atoms with Gasteiger partial charge in [-0.25, -0.2) is 0 Å². The molecule has 0 amide bonds. The first-order valence-corrected chi connectivity index (χ1v) is 8.90. The van der Waals surface area contributed by atoms with Crippen molar-refractivity contribution in [1.82, 2.24) is 5.32 Å². The second-order valence-electron chi connectivity index (χ2n) is 6.63. The SMILES string of the molecule is c1cc2c(cc1OCCCCCCNC1CC1)CCCC2. The minimum Gasteiger partial charge on any atom is -0.494 e. The Labute approximate surface area is 129 Å². The van der Waals surface area contributed by atoms with Gasteiger partial charge in [-0.3, -0.25) is 0 Å². The van der Waals surface area contributed by atoms with E-state index < -0.39 is 0 Å². The topological polar surface area (TPSA) is 21.3 Å². The van der Waals surface area contributed by atoms with Gasteiger partial charge in [0.25, 0.3) is 0 Å². The molecule has 0 heterocycles. The van der Waals surface area contributed by atoms with Crippen LogP contribution >= 0.6 is 0 Å². The first-order valence-electron chi connectivity index (χ1n) is 8.90. The molecule has 1 N–H and O–H groups in total. The molecule has 116 valence electrons. The summed E-state index contributed by atoms with van der Waals surface area (Å²) in [5, 5.41) is 3.57. The predicted octanol–water partition coefficient (Wildman–Crippen LogP) is 4.26. The molecule has 1 fully saturated rings. The Morgan fingerprint density at radius 2 is 1.76 bits per heavy atom. The van der Waals surface area contributed by atoms with Crippen LogP contribution in [0.1, 0.15) is 62.5 Å². The van der Waals surface area contributed by atoms with Crippen LogP contribution in [0.2, 0.25) is 0 Å². The van der Waals surface area contributed by atoms with Crippen LogP contribution in [0.3, 0.4) is 0 Å². The molecule has 0 unspecified atom stereocenters. The van der Waals surface area contributed by atoms with E-state index in [1.165, 1.54) is 81.9 Å². The number of hydrogen-bond donors (Lipinski definition) is 1. The molecular weight excluding hydrogens is 258 g/mol. The smallest absolute Gasteiger partial charge is 0.119 e. The van der Waals surface area contributed by atoms with Crippen molar-refractivity contribution in [2.75, 3.05) is 13.2 Å². The van der Waals surface area contributed by atoms with Crippen LogP contribution in [0.5, 0.6) is 5.75 Å². The molecule has 0 spiro atoms. The molecule has 1 saturated carbocycles. The standard InChI is InChI=1S/C19H29NO/c1(5-13-20-18-10-11-18)2-6-14-21-19-12-9-16-7-3-4-8-17(16)15-19/h9,12,15,18,20H,1-8,10-11,13-14H2. The number of ether oxygens (including phenoxy) is 1. The lowest BCUT2D eigenvalue weighted by Gasteiger charge is -2.16. The van der Waals surface area contributed by atoms with E-state index in [1.54, 1.807) is 0 Å². The van der Waals surface area contributed by atoms with E-state index in [0.717, 1.165) is 18.4 Å². The monoisotopic (exact) mass is 287 g/mol. The van der Waals surface area contributed by atoms with Crippen molar-refractivity contribution in [3.63, 3.8) is 0 Å². The lowest BCUT2D eigenvalue weighted by Crippen LogP contribution is -2.17. The summed E-state index contributed by atoms with van der Waals surface area (Å²) in [4.78, 5) is 0. The van der Waals surface area contributed by atoms with Crippen molar-refractivity contribution in [2.45, 2.75) is 70.3 Å². The van der Waals surface area contributed by atoms with Gasteiger partial charge in [0.05, 0.1) is 6.61 Å². The van der Waals surface area contributed by atoms with Gasteiger partial charge in [-0.15, -0.1) is 0 Å². The second-order valence-corrected chi connectivity index (χ2v) is 6.63. The molecule has 1 aromatic carbocycles. The summed E-state index contributed by atoms with van der Waals surface area (Å²) < 4.78 is 5.91. The van der Waals surface area contributed by atoms with Gasteiger partial charge in [0.1, 0.15) is 5.75 Å². The molecule has 21 heavy (non-hydrogen) atoms. The van der Waals surface area contributed by atoms with Crippen molar-refractivity contribution < 1.29 is 4.74 Å². The van der Waals surface area contributed by atoms with E-state index in [0.29, 0.717) is 0 Å². The zero-order valence-electron chi connectivity index (χ0n) is 13.2. The Balaban J connectivity index is 1.26. The first kappa shape index (κ1) is 14.9. The summed E-state index contributed by atoms with van der Waals surface area (Å²) in [6, 6.07) is 7.56. The summed E-state index contributed by atoms with van der Waals surface area (Å²) >= 11 is 0. The van der Waals surface area contributed by atoms with Gasteiger partial charge >= 0.3 is 0 Å². The van der Waals surface area contributed by atoms with Crippen LogP contribution in [-0.2, 0) is 12.8 Å². The Morgan fingerprint density at radius 1 is 0.952 bits per heavy atom.